The maximum atomic E-state index is 13.6. The number of nitrogens with one attached hydrogen (secondary N) is 1. The van der Waals surface area contributed by atoms with E-state index in [4.69, 9.17) is 0 Å². The first kappa shape index (κ1) is 24.1. The summed E-state index contributed by atoms with van der Waals surface area (Å²) in [5, 5.41) is 2.49. The normalized spacial score (nSPS) is 11.4. The van der Waals surface area contributed by atoms with Crippen molar-refractivity contribution in [2.24, 2.45) is 0 Å². The van der Waals surface area contributed by atoms with E-state index in [2.05, 4.69) is 10.1 Å². The molecule has 0 saturated heterocycles. The molecular weight excluding hydrogens is 458 g/mol. The van der Waals surface area contributed by atoms with Gasteiger partial charge in [0.2, 0.25) is 5.91 Å². The molecule has 1 amide bonds. The Balaban J connectivity index is 1.78. The number of benzene rings is 3. The summed E-state index contributed by atoms with van der Waals surface area (Å²) < 4.78 is 58.5. The lowest BCUT2D eigenvalue weighted by Crippen LogP contribution is -2.10. The maximum Gasteiger partial charge on any atom is 0.417 e. The van der Waals surface area contributed by atoms with Crippen LogP contribution in [0.1, 0.15) is 21.5 Å². The van der Waals surface area contributed by atoms with Crippen molar-refractivity contribution in [3.63, 3.8) is 0 Å². The second-order valence-electron chi connectivity index (χ2n) is 6.70. The predicted octanol–water partition coefficient (Wildman–Crippen LogP) is 6.43. The molecule has 0 aliphatic carbocycles. The molecule has 4 nitrogen and oxygen atoms in total. The van der Waals surface area contributed by atoms with Crippen LogP contribution in [0.4, 0.5) is 23.2 Å². The third kappa shape index (κ3) is 6.69. The predicted molar refractivity (Wildman–Crippen MR) is 117 cm³/mol. The van der Waals surface area contributed by atoms with E-state index in [0.717, 1.165) is 30.0 Å². The number of hydrogen-bond donors (Lipinski definition) is 1. The standard InChI is InChI=1S/C24H17F4NO3S/c1-32-23(31)16-3-2-4-18(13-16)29-22(30)12-6-15-5-9-20(14-21(15)24(26,27)28)33-19-10-7-17(25)8-11-19/h2-14H,1H3,(H,29,30). The Morgan fingerprint density at radius 2 is 1.67 bits per heavy atom. The number of halogens is 4. The molecule has 0 saturated carbocycles. The maximum absolute atomic E-state index is 13.6. The molecule has 0 unspecified atom stereocenters. The molecule has 3 aromatic rings. The number of ether oxygens (including phenoxy) is 1. The second kappa shape index (κ2) is 10.4. The Bertz CT molecular complexity index is 1190. The minimum absolute atomic E-state index is 0.190. The van der Waals surface area contributed by atoms with Gasteiger partial charge in [-0.25, -0.2) is 9.18 Å². The van der Waals surface area contributed by atoms with Crippen LogP contribution < -0.4 is 5.32 Å². The van der Waals surface area contributed by atoms with Gasteiger partial charge in [0.05, 0.1) is 18.2 Å². The third-order valence-electron chi connectivity index (χ3n) is 4.34. The minimum Gasteiger partial charge on any atom is -0.465 e. The fourth-order valence-electron chi connectivity index (χ4n) is 2.82. The lowest BCUT2D eigenvalue weighted by molar-refractivity contribution is -0.137. The van der Waals surface area contributed by atoms with Crippen LogP contribution in [0, 0.1) is 5.82 Å². The lowest BCUT2D eigenvalue weighted by Gasteiger charge is -2.12. The highest BCUT2D eigenvalue weighted by Crippen LogP contribution is 2.37. The minimum atomic E-state index is -4.65. The number of methoxy groups -OCH3 is 1. The number of amides is 1. The van der Waals surface area contributed by atoms with Crippen molar-refractivity contribution in [2.75, 3.05) is 12.4 Å². The Kier molecular flexibility index (Phi) is 7.55. The fourth-order valence-corrected chi connectivity index (χ4v) is 3.68. The van der Waals surface area contributed by atoms with Crippen LogP contribution in [-0.4, -0.2) is 19.0 Å². The van der Waals surface area contributed by atoms with Crippen molar-refractivity contribution in [1.82, 2.24) is 0 Å². The van der Waals surface area contributed by atoms with E-state index in [1.807, 2.05) is 0 Å². The fraction of sp³-hybridized carbons (Fsp3) is 0.0833. The van der Waals surface area contributed by atoms with E-state index < -0.39 is 29.4 Å². The van der Waals surface area contributed by atoms with Gasteiger partial charge in [0, 0.05) is 21.6 Å². The van der Waals surface area contributed by atoms with E-state index in [0.29, 0.717) is 9.79 Å². The monoisotopic (exact) mass is 475 g/mol. The van der Waals surface area contributed by atoms with Gasteiger partial charge in [-0.15, -0.1) is 0 Å². The van der Waals surface area contributed by atoms with Gasteiger partial charge in [-0.3, -0.25) is 4.79 Å². The van der Waals surface area contributed by atoms with Crippen LogP contribution in [0.15, 0.2) is 82.6 Å². The summed E-state index contributed by atoms with van der Waals surface area (Å²) in [4.78, 5) is 24.7. The van der Waals surface area contributed by atoms with Gasteiger partial charge in [0.1, 0.15) is 5.82 Å². The summed E-state index contributed by atoms with van der Waals surface area (Å²) in [6, 6.07) is 15.1. The molecule has 3 rings (SSSR count). The highest BCUT2D eigenvalue weighted by atomic mass is 32.2. The number of carbonyl (C=O) groups excluding carboxylic acids is 2. The van der Waals surface area contributed by atoms with E-state index in [9.17, 15) is 27.2 Å². The van der Waals surface area contributed by atoms with E-state index in [1.165, 1.54) is 67.8 Å². The van der Waals surface area contributed by atoms with Crippen LogP contribution in [0.25, 0.3) is 6.08 Å². The molecular formula is C24H17F4NO3S. The number of alkyl halides is 3. The van der Waals surface area contributed by atoms with Crippen LogP contribution >= 0.6 is 11.8 Å². The molecule has 0 atom stereocenters. The highest BCUT2D eigenvalue weighted by Gasteiger charge is 2.33. The number of anilines is 1. The van der Waals surface area contributed by atoms with Crippen LogP contribution in [-0.2, 0) is 15.7 Å². The molecule has 0 aliphatic rings. The van der Waals surface area contributed by atoms with Crippen molar-refractivity contribution in [1.29, 1.82) is 0 Å². The van der Waals surface area contributed by atoms with Crippen molar-refractivity contribution < 1.29 is 31.9 Å². The van der Waals surface area contributed by atoms with E-state index in [1.54, 1.807) is 0 Å². The van der Waals surface area contributed by atoms with Gasteiger partial charge in [-0.05, 0) is 66.2 Å². The molecule has 0 aromatic heterocycles. The molecule has 0 heterocycles. The molecule has 1 N–H and O–H groups in total. The molecule has 33 heavy (non-hydrogen) atoms. The summed E-state index contributed by atoms with van der Waals surface area (Å²) in [7, 11) is 1.22. The molecule has 0 bridgehead atoms. The Labute approximate surface area is 191 Å². The van der Waals surface area contributed by atoms with Crippen molar-refractivity contribution in [2.45, 2.75) is 16.0 Å². The van der Waals surface area contributed by atoms with Gasteiger partial charge in [-0.1, -0.05) is 23.9 Å². The molecule has 0 spiro atoms. The quantitative estimate of drug-likeness (QED) is 0.253. The first-order valence-electron chi connectivity index (χ1n) is 9.48. The molecule has 170 valence electrons. The first-order valence-corrected chi connectivity index (χ1v) is 10.3. The van der Waals surface area contributed by atoms with Crippen molar-refractivity contribution in [3.05, 3.63) is 95.3 Å². The third-order valence-corrected chi connectivity index (χ3v) is 5.34. The van der Waals surface area contributed by atoms with Gasteiger partial charge in [0.25, 0.3) is 0 Å². The largest absolute Gasteiger partial charge is 0.465 e. The van der Waals surface area contributed by atoms with Crippen LogP contribution in [0.5, 0.6) is 0 Å². The summed E-state index contributed by atoms with van der Waals surface area (Å²) in [6.45, 7) is 0. The van der Waals surface area contributed by atoms with Gasteiger partial charge in [-0.2, -0.15) is 13.2 Å². The Morgan fingerprint density at radius 3 is 2.33 bits per heavy atom. The molecule has 3 aromatic carbocycles. The SMILES string of the molecule is COC(=O)c1cccc(NC(=O)C=Cc2ccc(Sc3ccc(F)cc3)cc2C(F)(F)F)c1. The number of hydrogen-bond acceptors (Lipinski definition) is 4. The highest BCUT2D eigenvalue weighted by molar-refractivity contribution is 7.99. The molecule has 0 fully saturated rings. The molecule has 0 radical (unpaired) electrons. The smallest absolute Gasteiger partial charge is 0.417 e. The molecule has 9 heteroatoms. The van der Waals surface area contributed by atoms with Gasteiger partial charge < -0.3 is 10.1 Å². The number of rotatable bonds is 6. The Morgan fingerprint density at radius 1 is 0.970 bits per heavy atom. The zero-order valence-electron chi connectivity index (χ0n) is 17.2. The first-order chi connectivity index (χ1) is 15.7. The zero-order chi connectivity index (χ0) is 24.0. The summed E-state index contributed by atoms with van der Waals surface area (Å²) in [5.41, 5.74) is -0.599. The number of carbonyl (C=O) groups is 2. The van der Waals surface area contributed by atoms with E-state index >= 15 is 0 Å². The average Bonchev–Trinajstić information content (AvgIpc) is 2.78. The van der Waals surface area contributed by atoms with Crippen molar-refractivity contribution in [3.8, 4) is 0 Å². The zero-order valence-corrected chi connectivity index (χ0v) is 18.0. The van der Waals surface area contributed by atoms with E-state index in [-0.39, 0.29) is 16.8 Å². The van der Waals surface area contributed by atoms with Gasteiger partial charge >= 0.3 is 12.1 Å². The lowest BCUT2D eigenvalue weighted by atomic mass is 10.1. The topological polar surface area (TPSA) is 55.4 Å². The van der Waals surface area contributed by atoms with Gasteiger partial charge in [0.15, 0.2) is 0 Å². The summed E-state index contributed by atoms with van der Waals surface area (Å²) in [5.74, 6) is -1.70. The number of esters is 1. The molecule has 0 aliphatic heterocycles. The second-order valence-corrected chi connectivity index (χ2v) is 7.84. The summed E-state index contributed by atoms with van der Waals surface area (Å²) >= 11 is 1.06. The average molecular weight is 475 g/mol. The Hall–Kier alpha value is -3.59. The van der Waals surface area contributed by atoms with Crippen LogP contribution in [0.3, 0.4) is 0 Å². The van der Waals surface area contributed by atoms with Crippen LogP contribution in [0.2, 0.25) is 0 Å². The van der Waals surface area contributed by atoms with Crippen molar-refractivity contribution >= 4 is 35.4 Å². The summed E-state index contributed by atoms with van der Waals surface area (Å²) in [6.07, 6.45) is -2.61.